The summed E-state index contributed by atoms with van der Waals surface area (Å²) < 4.78 is 5.65. The van der Waals surface area contributed by atoms with Gasteiger partial charge in [-0.05, 0) is 41.5 Å². The van der Waals surface area contributed by atoms with Crippen LogP contribution in [-0.2, 0) is 14.3 Å². The molecule has 1 saturated carbocycles. The molecule has 2 amide bonds. The topological polar surface area (TPSA) is 105 Å². The van der Waals surface area contributed by atoms with Crippen LogP contribution in [0.2, 0.25) is 0 Å². The van der Waals surface area contributed by atoms with Crippen molar-refractivity contribution in [3.8, 4) is 11.1 Å². The van der Waals surface area contributed by atoms with E-state index >= 15 is 0 Å². The molecule has 0 unspecified atom stereocenters. The molecule has 2 aliphatic carbocycles. The fourth-order valence-electron chi connectivity index (χ4n) is 4.99. The second kappa shape index (κ2) is 10.5. The second-order valence-electron chi connectivity index (χ2n) is 8.76. The van der Waals surface area contributed by atoms with E-state index in [0.717, 1.165) is 30.4 Å². The smallest absolute Gasteiger partial charge is 0.407 e. The predicted octanol–water partition coefficient (Wildman–Crippen LogP) is 4.06. The summed E-state index contributed by atoms with van der Waals surface area (Å²) in [4.78, 5) is 35.9. The molecule has 33 heavy (non-hydrogen) atoms. The van der Waals surface area contributed by atoms with Gasteiger partial charge in [-0.1, -0.05) is 61.4 Å². The van der Waals surface area contributed by atoms with Crippen LogP contribution in [-0.4, -0.2) is 42.3 Å². The Hall–Kier alpha value is -3.35. The van der Waals surface area contributed by atoms with E-state index in [1.165, 1.54) is 11.1 Å². The molecule has 4 rings (SSSR count). The van der Waals surface area contributed by atoms with Crippen LogP contribution in [0.15, 0.2) is 48.5 Å². The van der Waals surface area contributed by atoms with E-state index in [0.29, 0.717) is 19.4 Å². The fourth-order valence-corrected chi connectivity index (χ4v) is 4.99. The summed E-state index contributed by atoms with van der Waals surface area (Å²) in [5, 5.41) is 14.5. The Labute approximate surface area is 193 Å². The summed E-state index contributed by atoms with van der Waals surface area (Å²) >= 11 is 0. The highest BCUT2D eigenvalue weighted by atomic mass is 16.5. The number of carbonyl (C=O) groups is 3. The van der Waals surface area contributed by atoms with Crippen LogP contribution < -0.4 is 10.6 Å². The maximum Gasteiger partial charge on any atom is 0.407 e. The maximum absolute atomic E-state index is 12.7. The van der Waals surface area contributed by atoms with Gasteiger partial charge in [0.25, 0.3) is 0 Å². The van der Waals surface area contributed by atoms with Crippen molar-refractivity contribution in [2.75, 3.05) is 13.2 Å². The van der Waals surface area contributed by atoms with Crippen molar-refractivity contribution in [1.82, 2.24) is 10.6 Å². The van der Waals surface area contributed by atoms with Crippen LogP contribution in [0.1, 0.15) is 55.6 Å². The minimum absolute atomic E-state index is 0.0113. The summed E-state index contributed by atoms with van der Waals surface area (Å²) in [6, 6.07) is 16.1. The van der Waals surface area contributed by atoms with Gasteiger partial charge >= 0.3 is 12.1 Å². The standard InChI is InChI=1S/C26H30N2O5/c29-24(30)14-7-15-27-25(31)21-12-5-6-13-23(21)28-26(32)33-16-22-19-10-3-1-8-17(19)18-9-2-4-11-20(18)22/h1-4,8-11,21-23H,5-7,12-16H2,(H,27,31)(H,28,32)(H,29,30)/t21-,23+/m0/s1. The van der Waals surface area contributed by atoms with Gasteiger partial charge in [0.2, 0.25) is 5.91 Å². The normalized spacial score (nSPS) is 19.3. The first kappa shape index (κ1) is 22.8. The lowest BCUT2D eigenvalue weighted by Crippen LogP contribution is -2.48. The molecule has 2 aromatic carbocycles. The van der Waals surface area contributed by atoms with Crippen molar-refractivity contribution in [1.29, 1.82) is 0 Å². The molecule has 7 heteroatoms. The highest BCUT2D eigenvalue weighted by Crippen LogP contribution is 2.44. The summed E-state index contributed by atoms with van der Waals surface area (Å²) in [7, 11) is 0. The number of carboxylic acid groups (broad SMARTS) is 1. The minimum Gasteiger partial charge on any atom is -0.481 e. The van der Waals surface area contributed by atoms with Gasteiger partial charge in [0.1, 0.15) is 6.61 Å². The summed E-state index contributed by atoms with van der Waals surface area (Å²) in [6.45, 7) is 0.554. The number of nitrogens with one attached hydrogen (secondary N) is 2. The molecule has 0 heterocycles. The van der Waals surface area contributed by atoms with Crippen LogP contribution in [0, 0.1) is 5.92 Å². The number of fused-ring (bicyclic) bond motifs is 3. The molecule has 1 fully saturated rings. The third-order valence-electron chi connectivity index (χ3n) is 6.62. The molecule has 0 spiro atoms. The first-order valence-corrected chi connectivity index (χ1v) is 11.7. The van der Waals surface area contributed by atoms with Crippen LogP contribution in [0.3, 0.4) is 0 Å². The van der Waals surface area contributed by atoms with Gasteiger partial charge in [0.15, 0.2) is 0 Å². The summed E-state index contributed by atoms with van der Waals surface area (Å²) in [6.07, 6.45) is 3.18. The fraction of sp³-hybridized carbons (Fsp3) is 0.423. The third kappa shape index (κ3) is 5.35. The molecule has 0 saturated heterocycles. The lowest BCUT2D eigenvalue weighted by atomic mass is 9.84. The van der Waals surface area contributed by atoms with E-state index < -0.39 is 12.1 Å². The minimum atomic E-state index is -0.878. The Morgan fingerprint density at radius 2 is 1.58 bits per heavy atom. The number of hydrogen-bond acceptors (Lipinski definition) is 4. The van der Waals surface area contributed by atoms with Crippen molar-refractivity contribution >= 4 is 18.0 Å². The number of carbonyl (C=O) groups excluding carboxylic acids is 2. The van der Waals surface area contributed by atoms with E-state index in [-0.39, 0.29) is 36.8 Å². The Bertz CT molecular complexity index is 976. The molecule has 2 atom stereocenters. The quantitative estimate of drug-likeness (QED) is 0.526. The molecular formula is C26H30N2O5. The van der Waals surface area contributed by atoms with E-state index in [9.17, 15) is 14.4 Å². The zero-order chi connectivity index (χ0) is 23.2. The van der Waals surface area contributed by atoms with Crippen molar-refractivity contribution in [2.45, 2.75) is 50.5 Å². The number of carboxylic acids is 1. The van der Waals surface area contributed by atoms with Gasteiger partial charge in [-0.15, -0.1) is 0 Å². The van der Waals surface area contributed by atoms with Crippen molar-refractivity contribution in [3.63, 3.8) is 0 Å². The van der Waals surface area contributed by atoms with Gasteiger partial charge in [-0.3, -0.25) is 9.59 Å². The van der Waals surface area contributed by atoms with E-state index in [1.54, 1.807) is 0 Å². The molecular weight excluding hydrogens is 420 g/mol. The van der Waals surface area contributed by atoms with Crippen molar-refractivity contribution in [2.24, 2.45) is 5.92 Å². The number of rotatable bonds is 8. The first-order valence-electron chi connectivity index (χ1n) is 11.7. The third-order valence-corrected chi connectivity index (χ3v) is 6.62. The van der Waals surface area contributed by atoms with Crippen LogP contribution in [0.5, 0.6) is 0 Å². The summed E-state index contributed by atoms with van der Waals surface area (Å²) in [5.74, 6) is -1.35. The maximum atomic E-state index is 12.7. The number of aliphatic carboxylic acids is 1. The van der Waals surface area contributed by atoms with Crippen molar-refractivity contribution in [3.05, 3.63) is 59.7 Å². The highest BCUT2D eigenvalue weighted by Gasteiger charge is 2.33. The Morgan fingerprint density at radius 3 is 2.24 bits per heavy atom. The molecule has 0 bridgehead atoms. The lowest BCUT2D eigenvalue weighted by Gasteiger charge is -2.31. The molecule has 174 valence electrons. The molecule has 2 aliphatic rings. The van der Waals surface area contributed by atoms with Gasteiger partial charge in [0.05, 0.1) is 5.92 Å². The molecule has 3 N–H and O–H groups in total. The monoisotopic (exact) mass is 450 g/mol. The largest absolute Gasteiger partial charge is 0.481 e. The first-order chi connectivity index (χ1) is 16.0. The average Bonchev–Trinajstić information content (AvgIpc) is 3.14. The molecule has 7 nitrogen and oxygen atoms in total. The Balaban J connectivity index is 1.33. The van der Waals surface area contributed by atoms with Crippen molar-refractivity contribution < 1.29 is 24.2 Å². The molecule has 2 aromatic rings. The van der Waals surface area contributed by atoms with Gasteiger partial charge in [-0.2, -0.15) is 0 Å². The number of alkyl carbamates (subject to hydrolysis) is 1. The van der Waals surface area contributed by atoms with Gasteiger partial charge in [-0.25, -0.2) is 4.79 Å². The van der Waals surface area contributed by atoms with E-state index in [2.05, 4.69) is 34.9 Å². The number of hydrogen-bond donors (Lipinski definition) is 3. The van der Waals surface area contributed by atoms with E-state index in [1.807, 2.05) is 24.3 Å². The highest BCUT2D eigenvalue weighted by molar-refractivity contribution is 5.81. The SMILES string of the molecule is O=C(O)CCCNC(=O)[C@H]1CCCC[C@H]1NC(=O)OCC1c2ccccc2-c2ccccc21. The zero-order valence-corrected chi connectivity index (χ0v) is 18.6. The van der Waals surface area contributed by atoms with E-state index in [4.69, 9.17) is 9.84 Å². The van der Waals surface area contributed by atoms with Crippen LogP contribution in [0.4, 0.5) is 4.79 Å². The van der Waals surface area contributed by atoms with Crippen LogP contribution >= 0.6 is 0 Å². The molecule has 0 radical (unpaired) electrons. The average molecular weight is 451 g/mol. The lowest BCUT2D eigenvalue weighted by molar-refractivity contribution is -0.137. The molecule has 0 aromatic heterocycles. The number of benzene rings is 2. The number of ether oxygens (including phenoxy) is 1. The Kier molecular flexibility index (Phi) is 7.27. The van der Waals surface area contributed by atoms with Gasteiger partial charge in [0, 0.05) is 24.9 Å². The zero-order valence-electron chi connectivity index (χ0n) is 18.6. The number of amides is 2. The predicted molar refractivity (Wildman–Crippen MR) is 124 cm³/mol. The van der Waals surface area contributed by atoms with Crippen LogP contribution in [0.25, 0.3) is 11.1 Å². The second-order valence-corrected chi connectivity index (χ2v) is 8.76. The van der Waals surface area contributed by atoms with Gasteiger partial charge < -0.3 is 20.5 Å². The summed E-state index contributed by atoms with van der Waals surface area (Å²) in [5.41, 5.74) is 4.66. The Morgan fingerprint density at radius 1 is 0.939 bits per heavy atom. The molecule has 0 aliphatic heterocycles.